The molecule has 0 heterocycles. The number of ether oxygens (including phenoxy) is 1. The molecule has 20 heavy (non-hydrogen) atoms. The molecule has 5 heteroatoms. The minimum atomic E-state index is -0.668. The number of ketones is 2. The third-order valence-electron chi connectivity index (χ3n) is 4.37. The number of hydrogen-bond donors (Lipinski definition) is 0. The van der Waals surface area contributed by atoms with Crippen molar-refractivity contribution >= 4 is 43.4 Å². The van der Waals surface area contributed by atoms with Crippen molar-refractivity contribution in [3.8, 4) is 5.75 Å². The minimum absolute atomic E-state index is 0.0444. The Labute approximate surface area is 134 Å². The predicted octanol–water partition coefficient (Wildman–Crippen LogP) is 3.87. The van der Waals surface area contributed by atoms with E-state index in [9.17, 15) is 9.59 Å². The first-order valence-electron chi connectivity index (χ1n) is 6.63. The molecule has 2 aliphatic rings. The SMILES string of the molecule is COc1cc(Br)cc(Br)c1C1C(=O)C2CCC(C2)C1=O. The van der Waals surface area contributed by atoms with Gasteiger partial charge in [0, 0.05) is 26.3 Å². The van der Waals surface area contributed by atoms with Gasteiger partial charge < -0.3 is 4.74 Å². The lowest BCUT2D eigenvalue weighted by Gasteiger charge is -2.27. The Kier molecular flexibility index (Phi) is 3.75. The maximum Gasteiger partial charge on any atom is 0.151 e. The van der Waals surface area contributed by atoms with Crippen molar-refractivity contribution < 1.29 is 14.3 Å². The van der Waals surface area contributed by atoms with Crippen LogP contribution >= 0.6 is 31.9 Å². The Morgan fingerprint density at radius 1 is 1.10 bits per heavy atom. The van der Waals surface area contributed by atoms with Gasteiger partial charge in [-0.3, -0.25) is 9.59 Å². The van der Waals surface area contributed by atoms with Gasteiger partial charge in [0.2, 0.25) is 0 Å². The number of Topliss-reactive ketones (excluding diaryl/α,β-unsaturated/α-hetero) is 2. The highest BCUT2D eigenvalue weighted by molar-refractivity contribution is 9.11. The van der Waals surface area contributed by atoms with Crippen LogP contribution in [0.2, 0.25) is 0 Å². The molecule has 2 fully saturated rings. The second-order valence-corrected chi connectivity index (χ2v) is 7.22. The molecule has 2 saturated carbocycles. The summed E-state index contributed by atoms with van der Waals surface area (Å²) in [6.45, 7) is 0. The van der Waals surface area contributed by atoms with E-state index in [1.54, 1.807) is 13.2 Å². The highest BCUT2D eigenvalue weighted by atomic mass is 79.9. The molecule has 3 rings (SSSR count). The van der Waals surface area contributed by atoms with Gasteiger partial charge in [-0.25, -0.2) is 0 Å². The molecule has 2 aliphatic carbocycles. The summed E-state index contributed by atoms with van der Waals surface area (Å²) in [4.78, 5) is 25.2. The largest absolute Gasteiger partial charge is 0.496 e. The van der Waals surface area contributed by atoms with Crippen molar-refractivity contribution in [2.24, 2.45) is 11.8 Å². The van der Waals surface area contributed by atoms with E-state index in [1.807, 2.05) is 6.07 Å². The van der Waals surface area contributed by atoms with Crippen LogP contribution in [0.1, 0.15) is 30.7 Å². The lowest BCUT2D eigenvalue weighted by atomic mass is 9.75. The number of halogens is 2. The summed E-state index contributed by atoms with van der Waals surface area (Å²) in [5.74, 6) is 0.124. The van der Waals surface area contributed by atoms with E-state index in [0.717, 1.165) is 28.2 Å². The van der Waals surface area contributed by atoms with Crippen LogP contribution < -0.4 is 4.74 Å². The molecular weight excluding hydrogens is 388 g/mol. The fourth-order valence-corrected chi connectivity index (χ4v) is 4.82. The maximum absolute atomic E-state index is 12.6. The van der Waals surface area contributed by atoms with E-state index >= 15 is 0 Å². The topological polar surface area (TPSA) is 43.4 Å². The molecule has 2 bridgehead atoms. The highest BCUT2D eigenvalue weighted by Gasteiger charge is 2.48. The zero-order chi connectivity index (χ0) is 14.4. The number of methoxy groups -OCH3 is 1. The molecule has 0 aromatic heterocycles. The van der Waals surface area contributed by atoms with Crippen LogP contribution in [0.3, 0.4) is 0 Å². The molecule has 0 amide bonds. The average Bonchev–Trinajstić information content (AvgIpc) is 2.85. The summed E-state index contributed by atoms with van der Waals surface area (Å²) in [5.41, 5.74) is 0.683. The normalized spacial score (nSPS) is 28.9. The Bertz CT molecular complexity index is 575. The van der Waals surface area contributed by atoms with Crippen LogP contribution in [0.4, 0.5) is 0 Å². The minimum Gasteiger partial charge on any atom is -0.496 e. The van der Waals surface area contributed by atoms with Crippen LogP contribution in [-0.2, 0) is 9.59 Å². The van der Waals surface area contributed by atoms with Gasteiger partial charge in [-0.2, -0.15) is 0 Å². The number of rotatable bonds is 2. The number of carbonyl (C=O) groups excluding carboxylic acids is 2. The molecule has 0 aliphatic heterocycles. The molecule has 0 N–H and O–H groups in total. The zero-order valence-corrected chi connectivity index (χ0v) is 14.2. The van der Waals surface area contributed by atoms with E-state index < -0.39 is 5.92 Å². The van der Waals surface area contributed by atoms with Gasteiger partial charge in [-0.15, -0.1) is 0 Å². The molecule has 0 saturated heterocycles. The van der Waals surface area contributed by atoms with E-state index in [2.05, 4.69) is 31.9 Å². The Morgan fingerprint density at radius 2 is 1.70 bits per heavy atom. The predicted molar refractivity (Wildman–Crippen MR) is 82.0 cm³/mol. The van der Waals surface area contributed by atoms with Crippen molar-refractivity contribution in [3.05, 3.63) is 26.6 Å². The molecule has 1 aromatic rings. The molecule has 0 spiro atoms. The molecule has 0 radical (unpaired) electrons. The van der Waals surface area contributed by atoms with Crippen molar-refractivity contribution in [3.63, 3.8) is 0 Å². The summed E-state index contributed by atoms with van der Waals surface area (Å²) in [5, 5.41) is 0. The second kappa shape index (κ2) is 5.26. The van der Waals surface area contributed by atoms with Crippen molar-refractivity contribution in [2.75, 3.05) is 7.11 Å². The van der Waals surface area contributed by atoms with Gasteiger partial charge in [0.25, 0.3) is 0 Å². The fraction of sp³-hybridized carbons (Fsp3) is 0.467. The number of carbonyl (C=O) groups is 2. The zero-order valence-electron chi connectivity index (χ0n) is 11.0. The van der Waals surface area contributed by atoms with Crippen LogP contribution in [0.15, 0.2) is 21.1 Å². The second-order valence-electron chi connectivity index (χ2n) is 5.45. The smallest absolute Gasteiger partial charge is 0.151 e. The van der Waals surface area contributed by atoms with Crippen molar-refractivity contribution in [1.82, 2.24) is 0 Å². The summed E-state index contributed by atoms with van der Waals surface area (Å²) < 4.78 is 6.98. The first kappa shape index (κ1) is 14.3. The Morgan fingerprint density at radius 3 is 2.25 bits per heavy atom. The maximum atomic E-state index is 12.6. The lowest BCUT2D eigenvalue weighted by Crippen LogP contribution is -2.35. The summed E-state index contributed by atoms with van der Waals surface area (Å²) in [7, 11) is 1.56. The van der Waals surface area contributed by atoms with Crippen molar-refractivity contribution in [1.29, 1.82) is 0 Å². The fourth-order valence-electron chi connectivity index (χ4n) is 3.40. The molecule has 3 nitrogen and oxygen atoms in total. The van der Waals surface area contributed by atoms with Gasteiger partial charge in [0.05, 0.1) is 7.11 Å². The first-order valence-corrected chi connectivity index (χ1v) is 8.22. The lowest BCUT2D eigenvalue weighted by molar-refractivity contribution is -0.136. The number of hydrogen-bond acceptors (Lipinski definition) is 3. The van der Waals surface area contributed by atoms with E-state index in [0.29, 0.717) is 11.3 Å². The van der Waals surface area contributed by atoms with Gasteiger partial charge in [-0.05, 0) is 31.4 Å². The van der Waals surface area contributed by atoms with Crippen LogP contribution in [0.25, 0.3) is 0 Å². The highest BCUT2D eigenvalue weighted by Crippen LogP contribution is 2.47. The van der Waals surface area contributed by atoms with Gasteiger partial charge >= 0.3 is 0 Å². The van der Waals surface area contributed by atoms with Gasteiger partial charge in [0.1, 0.15) is 11.7 Å². The molecule has 1 aromatic carbocycles. The Balaban J connectivity index is 2.13. The van der Waals surface area contributed by atoms with Crippen LogP contribution in [0.5, 0.6) is 5.75 Å². The Hall–Kier alpha value is -0.680. The van der Waals surface area contributed by atoms with E-state index in [-0.39, 0.29) is 23.4 Å². The quantitative estimate of drug-likeness (QED) is 0.706. The van der Waals surface area contributed by atoms with E-state index in [4.69, 9.17) is 4.74 Å². The van der Waals surface area contributed by atoms with Gasteiger partial charge in [0.15, 0.2) is 11.6 Å². The van der Waals surface area contributed by atoms with Crippen LogP contribution in [0, 0.1) is 11.8 Å². The third-order valence-corrected chi connectivity index (χ3v) is 5.49. The summed E-state index contributed by atoms with van der Waals surface area (Å²) in [6.07, 6.45) is 2.44. The van der Waals surface area contributed by atoms with Crippen molar-refractivity contribution in [2.45, 2.75) is 25.2 Å². The summed E-state index contributed by atoms with van der Waals surface area (Å²) >= 11 is 6.87. The molecule has 106 valence electrons. The molecule has 2 atom stereocenters. The number of benzene rings is 1. The van der Waals surface area contributed by atoms with E-state index in [1.165, 1.54) is 0 Å². The standard InChI is InChI=1S/C15H14Br2O3/c1-20-11-6-9(16)5-10(17)12(11)13-14(18)7-2-3-8(4-7)15(13)19/h5-8,13H,2-4H2,1H3. The monoisotopic (exact) mass is 400 g/mol. The first-order chi connectivity index (χ1) is 9.52. The molecule has 2 unspecified atom stereocenters. The van der Waals surface area contributed by atoms with Gasteiger partial charge in [-0.1, -0.05) is 31.9 Å². The molecular formula is C15H14Br2O3. The number of fused-ring (bicyclic) bond motifs is 2. The summed E-state index contributed by atoms with van der Waals surface area (Å²) in [6, 6.07) is 3.66. The van der Waals surface area contributed by atoms with Crippen LogP contribution in [-0.4, -0.2) is 18.7 Å². The average molecular weight is 402 g/mol. The third kappa shape index (κ3) is 2.15.